The topological polar surface area (TPSA) is 56.7 Å². The SMILES string of the molecule is c1ccc(-c2nc(-c3cccc4oc5ccccc5c34)nc(-n3c4ccccc4c4c5cccc6c5c(cc43)-c3ccccc3C63c4ccccc4-c4ccccc43)n2)cc1. The Kier molecular flexibility index (Phi) is 6.43. The highest BCUT2D eigenvalue weighted by Crippen LogP contribution is 2.62. The molecule has 0 unspecified atom stereocenters. The third-order valence-electron chi connectivity index (χ3n) is 13.3. The van der Waals surface area contributed by atoms with Crippen LogP contribution in [0.15, 0.2) is 199 Å². The van der Waals surface area contributed by atoms with E-state index in [1.165, 1.54) is 60.7 Å². The van der Waals surface area contributed by atoms with Crippen LogP contribution in [-0.2, 0) is 5.41 Å². The minimum atomic E-state index is -0.478. The largest absolute Gasteiger partial charge is 0.456 e. The zero-order valence-corrected chi connectivity index (χ0v) is 32.7. The van der Waals surface area contributed by atoms with Gasteiger partial charge in [0, 0.05) is 32.7 Å². The fourth-order valence-corrected chi connectivity index (χ4v) is 10.9. The van der Waals surface area contributed by atoms with Crippen molar-refractivity contribution in [1.29, 1.82) is 0 Å². The van der Waals surface area contributed by atoms with Gasteiger partial charge in [0.15, 0.2) is 11.6 Å². The van der Waals surface area contributed by atoms with Gasteiger partial charge in [0.25, 0.3) is 0 Å². The fraction of sp³-hybridized carbons (Fsp3) is 0.0179. The van der Waals surface area contributed by atoms with E-state index in [0.29, 0.717) is 17.6 Å². The van der Waals surface area contributed by atoms with Crippen molar-refractivity contribution in [3.63, 3.8) is 0 Å². The van der Waals surface area contributed by atoms with Crippen LogP contribution in [0.2, 0.25) is 0 Å². The molecule has 1 spiro atoms. The Morgan fingerprint density at radius 1 is 0.361 bits per heavy atom. The lowest BCUT2D eigenvalue weighted by atomic mass is 9.61. The van der Waals surface area contributed by atoms with Gasteiger partial charge in [0.05, 0.1) is 16.4 Å². The smallest absolute Gasteiger partial charge is 0.238 e. The van der Waals surface area contributed by atoms with Crippen molar-refractivity contribution in [2.75, 3.05) is 0 Å². The van der Waals surface area contributed by atoms with Crippen LogP contribution in [-0.4, -0.2) is 19.5 Å². The van der Waals surface area contributed by atoms with Gasteiger partial charge >= 0.3 is 0 Å². The van der Waals surface area contributed by atoms with E-state index < -0.39 is 5.41 Å². The van der Waals surface area contributed by atoms with Crippen LogP contribution in [0.3, 0.4) is 0 Å². The molecule has 9 aromatic carbocycles. The van der Waals surface area contributed by atoms with E-state index in [2.05, 4.69) is 150 Å². The molecule has 5 heteroatoms. The molecule has 2 aliphatic rings. The van der Waals surface area contributed by atoms with Crippen molar-refractivity contribution in [3.05, 3.63) is 216 Å². The van der Waals surface area contributed by atoms with Crippen LogP contribution in [0.25, 0.3) is 105 Å². The summed E-state index contributed by atoms with van der Waals surface area (Å²) in [5.41, 5.74) is 15.3. The molecule has 3 heterocycles. The summed E-state index contributed by atoms with van der Waals surface area (Å²) >= 11 is 0. The highest BCUT2D eigenvalue weighted by atomic mass is 16.3. The second-order valence-electron chi connectivity index (χ2n) is 16.2. The minimum absolute atomic E-state index is 0.478. The molecule has 3 aromatic heterocycles. The number of fused-ring (bicyclic) bond motifs is 16. The van der Waals surface area contributed by atoms with Crippen molar-refractivity contribution in [2.24, 2.45) is 0 Å². The zero-order chi connectivity index (χ0) is 39.8. The van der Waals surface area contributed by atoms with Gasteiger partial charge in [-0.2, -0.15) is 9.97 Å². The molecular weight excluding hydrogens is 745 g/mol. The van der Waals surface area contributed by atoms with Crippen molar-refractivity contribution in [2.45, 2.75) is 5.41 Å². The summed E-state index contributed by atoms with van der Waals surface area (Å²) in [5, 5.41) is 6.83. The zero-order valence-electron chi connectivity index (χ0n) is 32.7. The van der Waals surface area contributed by atoms with Crippen LogP contribution < -0.4 is 0 Å². The molecule has 0 aliphatic heterocycles. The second kappa shape index (κ2) is 12.0. The van der Waals surface area contributed by atoms with Gasteiger partial charge in [-0.05, 0) is 79.5 Å². The maximum atomic E-state index is 6.35. The van der Waals surface area contributed by atoms with Crippen LogP contribution in [0.4, 0.5) is 0 Å². The standard InChI is InChI=1S/C56H32N4O/c1-2-16-33(17-3-1)53-57-54(40-24-15-31-49-52(40)38-22-8-13-30-48(38)61-49)59-55(58-53)60-46-29-12-7-21-37(46)51-39-23-14-28-45-50(39)41(32-47(51)60)36-20-6-11-27-44(36)56(45)42-25-9-4-18-34(42)35-19-5-10-26-43(35)56/h1-32H. The predicted octanol–water partition coefficient (Wildman–Crippen LogP) is 13.7. The number of rotatable bonds is 3. The van der Waals surface area contributed by atoms with Crippen molar-refractivity contribution in [1.82, 2.24) is 19.5 Å². The molecule has 0 N–H and O–H groups in total. The Morgan fingerprint density at radius 3 is 1.69 bits per heavy atom. The maximum Gasteiger partial charge on any atom is 0.238 e. The first-order valence-electron chi connectivity index (χ1n) is 20.8. The van der Waals surface area contributed by atoms with E-state index in [0.717, 1.165) is 49.5 Å². The number of hydrogen-bond donors (Lipinski definition) is 0. The Balaban J connectivity index is 1.12. The maximum absolute atomic E-state index is 6.35. The van der Waals surface area contributed by atoms with Crippen LogP contribution in [0.1, 0.15) is 22.3 Å². The molecule has 5 nitrogen and oxygen atoms in total. The van der Waals surface area contributed by atoms with Gasteiger partial charge in [-0.3, -0.25) is 4.57 Å². The van der Waals surface area contributed by atoms with Gasteiger partial charge in [-0.1, -0.05) is 170 Å². The molecule has 2 aliphatic carbocycles. The van der Waals surface area contributed by atoms with Gasteiger partial charge in [0.2, 0.25) is 5.95 Å². The van der Waals surface area contributed by atoms with Crippen LogP contribution in [0, 0.1) is 0 Å². The first-order chi connectivity index (χ1) is 30.3. The molecule has 12 aromatic rings. The highest BCUT2D eigenvalue weighted by Gasteiger charge is 2.50. The molecule has 0 fully saturated rings. The Hall–Kier alpha value is -8.15. The first kappa shape index (κ1) is 32.8. The van der Waals surface area contributed by atoms with Crippen LogP contribution in [0.5, 0.6) is 0 Å². The molecule has 61 heavy (non-hydrogen) atoms. The van der Waals surface area contributed by atoms with E-state index in [9.17, 15) is 0 Å². The Labute approximate surface area is 349 Å². The van der Waals surface area contributed by atoms with E-state index in [1.54, 1.807) is 0 Å². The number of hydrogen-bond acceptors (Lipinski definition) is 4. The van der Waals surface area contributed by atoms with Crippen LogP contribution >= 0.6 is 0 Å². The summed E-state index contributed by atoms with van der Waals surface area (Å²) in [6, 6.07) is 69.6. The van der Waals surface area contributed by atoms with E-state index in [4.69, 9.17) is 19.4 Å². The second-order valence-corrected chi connectivity index (χ2v) is 16.2. The highest BCUT2D eigenvalue weighted by molar-refractivity contribution is 6.26. The van der Waals surface area contributed by atoms with Gasteiger partial charge in [-0.15, -0.1) is 0 Å². The first-order valence-corrected chi connectivity index (χ1v) is 20.8. The number of furan rings is 1. The molecule has 0 saturated carbocycles. The number of para-hydroxylation sites is 2. The predicted molar refractivity (Wildman–Crippen MR) is 246 cm³/mol. The fourth-order valence-electron chi connectivity index (χ4n) is 10.9. The number of benzene rings is 9. The molecule has 0 bridgehead atoms. The summed E-state index contributed by atoms with van der Waals surface area (Å²) in [4.78, 5) is 16.0. The van der Waals surface area contributed by atoms with E-state index >= 15 is 0 Å². The van der Waals surface area contributed by atoms with E-state index in [-0.39, 0.29) is 0 Å². The average molecular weight is 777 g/mol. The van der Waals surface area contributed by atoms with Gasteiger partial charge in [0.1, 0.15) is 11.2 Å². The number of nitrogens with zero attached hydrogens (tertiary/aromatic N) is 4. The lowest BCUT2D eigenvalue weighted by Gasteiger charge is -2.40. The Bertz CT molecular complexity index is 3790. The average Bonchev–Trinajstić information content (AvgIpc) is 3.98. The monoisotopic (exact) mass is 776 g/mol. The molecule has 0 radical (unpaired) electrons. The van der Waals surface area contributed by atoms with Gasteiger partial charge < -0.3 is 4.42 Å². The van der Waals surface area contributed by atoms with Crippen molar-refractivity contribution < 1.29 is 4.42 Å². The van der Waals surface area contributed by atoms with Crippen molar-refractivity contribution >= 4 is 54.5 Å². The third kappa shape index (κ3) is 4.21. The van der Waals surface area contributed by atoms with Crippen molar-refractivity contribution in [3.8, 4) is 51.0 Å². The summed E-state index contributed by atoms with van der Waals surface area (Å²) in [6.07, 6.45) is 0. The van der Waals surface area contributed by atoms with Gasteiger partial charge in [-0.25, -0.2) is 4.98 Å². The quantitative estimate of drug-likeness (QED) is 0.179. The Morgan fingerprint density at radius 2 is 0.918 bits per heavy atom. The lowest BCUT2D eigenvalue weighted by molar-refractivity contribution is 0.669. The molecule has 0 amide bonds. The summed E-state index contributed by atoms with van der Waals surface area (Å²) < 4.78 is 8.61. The molecular formula is C56H32N4O. The summed E-state index contributed by atoms with van der Waals surface area (Å²) in [7, 11) is 0. The lowest BCUT2D eigenvalue weighted by Crippen LogP contribution is -2.31. The summed E-state index contributed by atoms with van der Waals surface area (Å²) in [6.45, 7) is 0. The minimum Gasteiger partial charge on any atom is -0.456 e. The molecule has 14 rings (SSSR count). The normalized spacial score (nSPS) is 13.4. The van der Waals surface area contributed by atoms with E-state index in [1.807, 2.05) is 48.5 Å². The molecule has 282 valence electrons. The third-order valence-corrected chi connectivity index (χ3v) is 13.3. The molecule has 0 atom stereocenters. The summed E-state index contributed by atoms with van der Waals surface area (Å²) in [5.74, 6) is 1.75. The number of aromatic nitrogens is 4. The molecule has 0 saturated heterocycles.